The first-order valence-corrected chi connectivity index (χ1v) is 5.33. The van der Waals surface area contributed by atoms with E-state index in [-0.39, 0.29) is 6.54 Å². The molecule has 0 saturated heterocycles. The molecule has 2 rings (SSSR count). The molecule has 1 aromatic carbocycles. The van der Waals surface area contributed by atoms with E-state index in [1.807, 2.05) is 12.1 Å². The molecule has 84 valence electrons. The minimum Gasteiger partial charge on any atom is -0.338 e. The van der Waals surface area contributed by atoms with Crippen LogP contribution in [0, 0.1) is 0 Å². The fourth-order valence-electron chi connectivity index (χ4n) is 1.49. The van der Waals surface area contributed by atoms with Crippen molar-refractivity contribution in [2.45, 2.75) is 26.3 Å². The van der Waals surface area contributed by atoms with Gasteiger partial charge in [0.25, 0.3) is 0 Å². The van der Waals surface area contributed by atoms with Crippen LogP contribution in [0.1, 0.15) is 31.2 Å². The van der Waals surface area contributed by atoms with Crippen LogP contribution in [0.2, 0.25) is 0 Å². The van der Waals surface area contributed by atoms with Gasteiger partial charge >= 0.3 is 0 Å². The Kier molecular flexibility index (Phi) is 3.01. The van der Waals surface area contributed by atoms with E-state index >= 15 is 0 Å². The highest BCUT2D eigenvalue weighted by molar-refractivity contribution is 5.55. The summed E-state index contributed by atoms with van der Waals surface area (Å²) in [6, 6.07) is 8.15. The van der Waals surface area contributed by atoms with Gasteiger partial charge in [-0.25, -0.2) is 0 Å². The van der Waals surface area contributed by atoms with Crippen molar-refractivity contribution in [2.75, 3.05) is 0 Å². The Labute approximate surface area is 94.5 Å². The van der Waals surface area contributed by atoms with E-state index in [4.69, 9.17) is 10.3 Å². The van der Waals surface area contributed by atoms with Crippen molar-refractivity contribution in [1.29, 1.82) is 0 Å². The van der Waals surface area contributed by atoms with Gasteiger partial charge in [0, 0.05) is 5.56 Å². The molecule has 0 aliphatic heterocycles. The Bertz CT molecular complexity index is 477. The van der Waals surface area contributed by atoms with Gasteiger partial charge in [-0.15, -0.1) is 0 Å². The summed E-state index contributed by atoms with van der Waals surface area (Å²) < 4.78 is 4.98. The molecular weight excluding hydrogens is 202 g/mol. The first-order chi connectivity index (χ1) is 7.70. The van der Waals surface area contributed by atoms with E-state index in [0.29, 0.717) is 17.6 Å². The Morgan fingerprint density at radius 2 is 2.19 bits per heavy atom. The highest BCUT2D eigenvalue weighted by atomic mass is 16.5. The van der Waals surface area contributed by atoms with Crippen LogP contribution in [0.4, 0.5) is 0 Å². The van der Waals surface area contributed by atoms with Crippen molar-refractivity contribution < 1.29 is 4.52 Å². The summed E-state index contributed by atoms with van der Waals surface area (Å²) in [5.74, 6) is 1.55. The molecule has 16 heavy (non-hydrogen) atoms. The maximum Gasteiger partial charge on any atom is 0.240 e. The van der Waals surface area contributed by atoms with Crippen LogP contribution in [-0.4, -0.2) is 10.1 Å². The van der Waals surface area contributed by atoms with Crippen molar-refractivity contribution in [3.8, 4) is 11.4 Å². The number of rotatable bonds is 3. The van der Waals surface area contributed by atoms with Gasteiger partial charge in [0.2, 0.25) is 11.7 Å². The predicted molar refractivity (Wildman–Crippen MR) is 61.7 cm³/mol. The third-order valence-electron chi connectivity index (χ3n) is 2.45. The number of hydrogen-bond acceptors (Lipinski definition) is 4. The van der Waals surface area contributed by atoms with Gasteiger partial charge in [-0.2, -0.15) is 4.98 Å². The minimum atomic E-state index is 0.275. The quantitative estimate of drug-likeness (QED) is 0.856. The Balaban J connectivity index is 2.36. The van der Waals surface area contributed by atoms with Gasteiger partial charge in [0.05, 0.1) is 6.54 Å². The molecule has 0 spiro atoms. The van der Waals surface area contributed by atoms with E-state index in [9.17, 15) is 0 Å². The molecule has 4 nitrogen and oxygen atoms in total. The molecule has 1 heterocycles. The fourth-order valence-corrected chi connectivity index (χ4v) is 1.49. The number of aromatic nitrogens is 2. The average molecular weight is 217 g/mol. The van der Waals surface area contributed by atoms with Crippen molar-refractivity contribution in [2.24, 2.45) is 5.73 Å². The molecule has 0 atom stereocenters. The first kappa shape index (κ1) is 10.8. The van der Waals surface area contributed by atoms with E-state index < -0.39 is 0 Å². The van der Waals surface area contributed by atoms with Crippen LogP contribution in [0.25, 0.3) is 11.4 Å². The lowest BCUT2D eigenvalue weighted by molar-refractivity contribution is 0.380. The monoisotopic (exact) mass is 217 g/mol. The summed E-state index contributed by atoms with van der Waals surface area (Å²) in [5.41, 5.74) is 7.65. The second-order valence-corrected chi connectivity index (χ2v) is 4.00. The summed E-state index contributed by atoms with van der Waals surface area (Å²) >= 11 is 0. The molecule has 0 aliphatic carbocycles. The minimum absolute atomic E-state index is 0.275. The number of nitrogens with two attached hydrogens (primary N) is 1. The van der Waals surface area contributed by atoms with E-state index in [2.05, 4.69) is 36.1 Å². The lowest BCUT2D eigenvalue weighted by atomic mass is 10.0. The summed E-state index contributed by atoms with van der Waals surface area (Å²) in [4.78, 5) is 4.20. The lowest BCUT2D eigenvalue weighted by Gasteiger charge is -2.05. The van der Waals surface area contributed by atoms with Crippen molar-refractivity contribution >= 4 is 0 Å². The lowest BCUT2D eigenvalue weighted by Crippen LogP contribution is -1.95. The summed E-state index contributed by atoms with van der Waals surface area (Å²) in [6.07, 6.45) is 0. The van der Waals surface area contributed by atoms with Crippen LogP contribution in [0.3, 0.4) is 0 Å². The third-order valence-corrected chi connectivity index (χ3v) is 2.45. The smallest absolute Gasteiger partial charge is 0.240 e. The number of hydrogen-bond donors (Lipinski definition) is 1. The van der Waals surface area contributed by atoms with Gasteiger partial charge in [0.1, 0.15) is 0 Å². The van der Waals surface area contributed by atoms with Crippen LogP contribution in [0.15, 0.2) is 28.8 Å². The van der Waals surface area contributed by atoms with Crippen LogP contribution in [-0.2, 0) is 6.54 Å². The van der Waals surface area contributed by atoms with Gasteiger partial charge in [-0.05, 0) is 17.5 Å². The first-order valence-electron chi connectivity index (χ1n) is 5.33. The molecule has 2 N–H and O–H groups in total. The molecule has 0 amide bonds. The SMILES string of the molecule is CC(C)c1cccc(-c2noc(CN)n2)c1. The molecular formula is C12H15N3O. The maximum absolute atomic E-state index is 5.42. The molecule has 0 bridgehead atoms. The standard InChI is InChI=1S/C12H15N3O/c1-8(2)9-4-3-5-10(6-9)12-14-11(7-13)16-15-12/h3-6,8H,7,13H2,1-2H3. The van der Waals surface area contributed by atoms with Crippen molar-refractivity contribution in [3.05, 3.63) is 35.7 Å². The van der Waals surface area contributed by atoms with E-state index in [0.717, 1.165) is 5.56 Å². The normalized spacial score (nSPS) is 11.0. The number of nitrogens with zero attached hydrogens (tertiary/aromatic N) is 2. The molecule has 0 radical (unpaired) electrons. The van der Waals surface area contributed by atoms with Gasteiger partial charge < -0.3 is 10.3 Å². The highest BCUT2D eigenvalue weighted by Gasteiger charge is 2.08. The number of benzene rings is 1. The zero-order valence-corrected chi connectivity index (χ0v) is 9.47. The molecule has 0 aliphatic rings. The van der Waals surface area contributed by atoms with Crippen LogP contribution < -0.4 is 5.73 Å². The van der Waals surface area contributed by atoms with Crippen LogP contribution in [0.5, 0.6) is 0 Å². The van der Waals surface area contributed by atoms with E-state index in [1.165, 1.54) is 5.56 Å². The molecule has 1 aromatic heterocycles. The Hall–Kier alpha value is -1.68. The second kappa shape index (κ2) is 4.45. The average Bonchev–Trinajstić information content (AvgIpc) is 2.77. The molecule has 0 saturated carbocycles. The van der Waals surface area contributed by atoms with Crippen molar-refractivity contribution in [3.63, 3.8) is 0 Å². The van der Waals surface area contributed by atoms with Gasteiger partial charge in [0.15, 0.2) is 0 Å². The largest absolute Gasteiger partial charge is 0.338 e. The van der Waals surface area contributed by atoms with E-state index in [1.54, 1.807) is 0 Å². The third kappa shape index (κ3) is 2.12. The zero-order chi connectivity index (χ0) is 11.5. The molecule has 2 aromatic rings. The summed E-state index contributed by atoms with van der Waals surface area (Å²) in [7, 11) is 0. The zero-order valence-electron chi connectivity index (χ0n) is 9.47. The van der Waals surface area contributed by atoms with Gasteiger partial charge in [-0.3, -0.25) is 0 Å². The maximum atomic E-state index is 5.42. The molecule has 4 heteroatoms. The van der Waals surface area contributed by atoms with Crippen LogP contribution >= 0.6 is 0 Å². The fraction of sp³-hybridized carbons (Fsp3) is 0.333. The predicted octanol–water partition coefficient (Wildman–Crippen LogP) is 2.32. The summed E-state index contributed by atoms with van der Waals surface area (Å²) in [5, 5.41) is 3.89. The topological polar surface area (TPSA) is 64.9 Å². The summed E-state index contributed by atoms with van der Waals surface area (Å²) in [6.45, 7) is 4.58. The van der Waals surface area contributed by atoms with Gasteiger partial charge in [-0.1, -0.05) is 37.2 Å². The Morgan fingerprint density at radius 1 is 1.38 bits per heavy atom. The highest BCUT2D eigenvalue weighted by Crippen LogP contribution is 2.21. The molecule has 0 unspecified atom stereocenters. The second-order valence-electron chi connectivity index (χ2n) is 4.00. The Morgan fingerprint density at radius 3 is 2.81 bits per heavy atom. The molecule has 0 fully saturated rings. The van der Waals surface area contributed by atoms with Crippen molar-refractivity contribution in [1.82, 2.24) is 10.1 Å².